The lowest BCUT2D eigenvalue weighted by Crippen LogP contribution is -2.36. The summed E-state index contributed by atoms with van der Waals surface area (Å²) < 4.78 is 7.92. The van der Waals surface area contributed by atoms with Gasteiger partial charge >= 0.3 is 0 Å². The lowest BCUT2D eigenvalue weighted by Gasteiger charge is -2.13. The maximum Gasteiger partial charge on any atom is 0.240 e. The van der Waals surface area contributed by atoms with Crippen molar-refractivity contribution in [3.8, 4) is 5.75 Å². The second-order valence-corrected chi connectivity index (χ2v) is 6.29. The first-order valence-electron chi connectivity index (χ1n) is 8.27. The van der Waals surface area contributed by atoms with Gasteiger partial charge < -0.3 is 14.6 Å². The Morgan fingerprint density at radius 3 is 2.88 bits per heavy atom. The van der Waals surface area contributed by atoms with E-state index in [0.717, 1.165) is 28.8 Å². The van der Waals surface area contributed by atoms with Crippen molar-refractivity contribution in [2.24, 2.45) is 0 Å². The predicted octanol–water partition coefficient (Wildman–Crippen LogP) is 3.07. The van der Waals surface area contributed by atoms with Crippen LogP contribution in [0.4, 0.5) is 0 Å². The summed E-state index contributed by atoms with van der Waals surface area (Å²) in [7, 11) is 0. The highest BCUT2D eigenvalue weighted by Gasteiger charge is 2.22. The SMILES string of the molecule is Cc1cc2ccccc2n1CC(=O)NCC1Cc2ccccc2O1. The molecule has 3 aromatic rings. The standard InChI is InChI=1S/C20H20N2O2/c1-14-10-15-6-2-4-8-18(15)22(14)13-20(23)21-12-17-11-16-7-3-5-9-19(16)24-17/h2-10,17H,11-13H2,1H3,(H,21,23). The maximum atomic E-state index is 12.3. The highest BCUT2D eigenvalue weighted by Crippen LogP contribution is 2.27. The molecule has 0 saturated heterocycles. The van der Waals surface area contributed by atoms with Crippen molar-refractivity contribution < 1.29 is 9.53 Å². The summed E-state index contributed by atoms with van der Waals surface area (Å²) in [5.74, 6) is 0.947. The zero-order valence-corrected chi connectivity index (χ0v) is 13.7. The van der Waals surface area contributed by atoms with E-state index in [9.17, 15) is 4.79 Å². The first kappa shape index (κ1) is 14.8. The molecule has 0 fully saturated rings. The minimum atomic E-state index is 0.0130. The van der Waals surface area contributed by atoms with E-state index in [1.165, 1.54) is 5.56 Å². The molecule has 122 valence electrons. The van der Waals surface area contributed by atoms with E-state index >= 15 is 0 Å². The molecule has 0 saturated carbocycles. The molecule has 1 aromatic heterocycles. The van der Waals surface area contributed by atoms with Gasteiger partial charge in [0.05, 0.1) is 6.54 Å². The molecule has 1 aliphatic rings. The number of carbonyl (C=O) groups is 1. The van der Waals surface area contributed by atoms with Crippen molar-refractivity contribution in [3.05, 3.63) is 65.9 Å². The molecule has 0 aliphatic carbocycles. The number of carbonyl (C=O) groups excluding carboxylic acids is 1. The molecule has 1 N–H and O–H groups in total. The van der Waals surface area contributed by atoms with Gasteiger partial charge in [-0.15, -0.1) is 0 Å². The lowest BCUT2D eigenvalue weighted by molar-refractivity contribution is -0.121. The largest absolute Gasteiger partial charge is 0.488 e. The molecular formula is C20H20N2O2. The number of fused-ring (bicyclic) bond motifs is 2. The molecule has 4 rings (SSSR count). The van der Waals surface area contributed by atoms with Gasteiger partial charge in [-0.25, -0.2) is 0 Å². The smallest absolute Gasteiger partial charge is 0.240 e. The lowest BCUT2D eigenvalue weighted by atomic mass is 10.1. The molecule has 1 atom stereocenters. The monoisotopic (exact) mass is 320 g/mol. The summed E-state index contributed by atoms with van der Waals surface area (Å²) in [5.41, 5.74) is 3.40. The Morgan fingerprint density at radius 1 is 1.21 bits per heavy atom. The number of amides is 1. The molecule has 24 heavy (non-hydrogen) atoms. The number of para-hydroxylation sites is 2. The second kappa shape index (κ2) is 6.04. The summed E-state index contributed by atoms with van der Waals surface area (Å²) in [6, 6.07) is 18.3. The molecule has 1 unspecified atom stereocenters. The average Bonchev–Trinajstić information content (AvgIpc) is 3.14. The summed E-state index contributed by atoms with van der Waals surface area (Å²) in [5, 5.41) is 4.17. The Bertz CT molecular complexity index is 873. The first-order chi connectivity index (χ1) is 11.7. The number of hydrogen-bond acceptors (Lipinski definition) is 2. The van der Waals surface area contributed by atoms with E-state index in [4.69, 9.17) is 4.74 Å². The minimum Gasteiger partial charge on any atom is -0.488 e. The first-order valence-corrected chi connectivity index (χ1v) is 8.27. The third-order valence-corrected chi connectivity index (χ3v) is 4.56. The van der Waals surface area contributed by atoms with Crippen molar-refractivity contribution >= 4 is 16.8 Å². The van der Waals surface area contributed by atoms with Crippen LogP contribution in [0.2, 0.25) is 0 Å². The second-order valence-electron chi connectivity index (χ2n) is 6.29. The van der Waals surface area contributed by atoms with Gasteiger partial charge in [0.15, 0.2) is 0 Å². The third-order valence-electron chi connectivity index (χ3n) is 4.56. The van der Waals surface area contributed by atoms with Crippen LogP contribution in [0.3, 0.4) is 0 Å². The van der Waals surface area contributed by atoms with Crippen LogP contribution in [0, 0.1) is 6.92 Å². The molecule has 4 nitrogen and oxygen atoms in total. The molecule has 0 bridgehead atoms. The average molecular weight is 320 g/mol. The number of nitrogens with zero attached hydrogens (tertiary/aromatic N) is 1. The van der Waals surface area contributed by atoms with E-state index in [1.54, 1.807) is 0 Å². The van der Waals surface area contributed by atoms with Gasteiger partial charge in [-0.2, -0.15) is 0 Å². The summed E-state index contributed by atoms with van der Waals surface area (Å²) in [6.45, 7) is 2.90. The summed E-state index contributed by atoms with van der Waals surface area (Å²) in [6.07, 6.45) is 0.871. The number of hydrogen-bond donors (Lipinski definition) is 1. The van der Waals surface area contributed by atoms with Crippen LogP contribution in [0.15, 0.2) is 54.6 Å². The Kier molecular flexibility index (Phi) is 3.73. The fourth-order valence-corrected chi connectivity index (χ4v) is 3.35. The van der Waals surface area contributed by atoms with Gasteiger partial charge in [-0.3, -0.25) is 4.79 Å². The van der Waals surface area contributed by atoms with E-state index in [0.29, 0.717) is 13.1 Å². The van der Waals surface area contributed by atoms with Crippen molar-refractivity contribution in [3.63, 3.8) is 0 Å². The van der Waals surface area contributed by atoms with Crippen LogP contribution >= 0.6 is 0 Å². The number of ether oxygens (including phenoxy) is 1. The van der Waals surface area contributed by atoms with Gasteiger partial charge in [0, 0.05) is 17.6 Å². The molecule has 0 radical (unpaired) electrons. The molecule has 1 amide bonds. The Labute approximate surface area is 141 Å². The van der Waals surface area contributed by atoms with E-state index < -0.39 is 0 Å². The van der Waals surface area contributed by atoms with Crippen LogP contribution < -0.4 is 10.1 Å². The van der Waals surface area contributed by atoms with Crippen molar-refractivity contribution in [2.45, 2.75) is 26.0 Å². The Morgan fingerprint density at radius 2 is 2.00 bits per heavy atom. The predicted molar refractivity (Wildman–Crippen MR) is 94.2 cm³/mol. The van der Waals surface area contributed by atoms with Crippen LogP contribution in [-0.2, 0) is 17.8 Å². The van der Waals surface area contributed by atoms with Crippen LogP contribution in [0.1, 0.15) is 11.3 Å². The molecule has 2 aromatic carbocycles. The fraction of sp³-hybridized carbons (Fsp3) is 0.250. The third kappa shape index (κ3) is 2.75. The molecular weight excluding hydrogens is 300 g/mol. The van der Waals surface area contributed by atoms with Gasteiger partial charge in [0.1, 0.15) is 18.4 Å². The quantitative estimate of drug-likeness (QED) is 0.803. The molecule has 0 spiro atoms. The van der Waals surface area contributed by atoms with E-state index in [1.807, 2.05) is 43.3 Å². The molecule has 2 heterocycles. The Hall–Kier alpha value is -2.75. The van der Waals surface area contributed by atoms with Crippen LogP contribution in [0.25, 0.3) is 10.9 Å². The topological polar surface area (TPSA) is 43.3 Å². The van der Waals surface area contributed by atoms with Crippen molar-refractivity contribution in [1.82, 2.24) is 9.88 Å². The summed E-state index contributed by atoms with van der Waals surface area (Å²) in [4.78, 5) is 12.3. The number of nitrogens with one attached hydrogen (secondary N) is 1. The van der Waals surface area contributed by atoms with E-state index in [-0.39, 0.29) is 12.0 Å². The van der Waals surface area contributed by atoms with Gasteiger partial charge in [0.2, 0.25) is 5.91 Å². The highest BCUT2D eigenvalue weighted by atomic mass is 16.5. The number of rotatable bonds is 4. The Balaban J connectivity index is 1.38. The zero-order valence-electron chi connectivity index (χ0n) is 13.7. The fourth-order valence-electron chi connectivity index (χ4n) is 3.35. The van der Waals surface area contributed by atoms with Gasteiger partial charge in [0.25, 0.3) is 0 Å². The normalized spacial score (nSPS) is 16.0. The van der Waals surface area contributed by atoms with Crippen molar-refractivity contribution in [2.75, 3.05) is 6.54 Å². The number of aryl methyl sites for hydroxylation is 1. The van der Waals surface area contributed by atoms with Crippen molar-refractivity contribution in [1.29, 1.82) is 0 Å². The van der Waals surface area contributed by atoms with Crippen LogP contribution in [-0.4, -0.2) is 23.1 Å². The minimum absolute atomic E-state index is 0.0130. The van der Waals surface area contributed by atoms with Gasteiger partial charge in [-0.1, -0.05) is 36.4 Å². The molecule has 1 aliphatic heterocycles. The van der Waals surface area contributed by atoms with Crippen LogP contribution in [0.5, 0.6) is 5.75 Å². The number of benzene rings is 2. The number of aromatic nitrogens is 1. The highest BCUT2D eigenvalue weighted by molar-refractivity contribution is 5.84. The van der Waals surface area contributed by atoms with E-state index in [2.05, 4.69) is 28.1 Å². The zero-order chi connectivity index (χ0) is 16.5. The summed E-state index contributed by atoms with van der Waals surface area (Å²) >= 11 is 0. The maximum absolute atomic E-state index is 12.3. The van der Waals surface area contributed by atoms with Gasteiger partial charge in [-0.05, 0) is 36.1 Å². The molecule has 4 heteroatoms.